The number of hydrogen-bond acceptors (Lipinski definition) is 2. The average Bonchev–Trinajstić information content (AvgIpc) is 2.41. The van der Waals surface area contributed by atoms with Gasteiger partial charge in [-0.25, -0.2) is 0 Å². The van der Waals surface area contributed by atoms with E-state index in [9.17, 15) is 0 Å². The highest BCUT2D eigenvalue weighted by Crippen LogP contribution is 2.34. The van der Waals surface area contributed by atoms with E-state index in [1.807, 2.05) is 6.07 Å². The highest BCUT2D eigenvalue weighted by molar-refractivity contribution is 6.32. The Hall–Kier alpha value is -1.04. The summed E-state index contributed by atoms with van der Waals surface area (Å²) in [5.74, 6) is 0.513. The topological polar surface area (TPSA) is 27.0 Å². The van der Waals surface area contributed by atoms with Crippen LogP contribution in [0, 0.1) is 11.3 Å². The lowest BCUT2D eigenvalue weighted by atomic mass is 9.88. The molecule has 0 saturated carbocycles. The van der Waals surface area contributed by atoms with E-state index in [1.165, 1.54) is 13.0 Å². The van der Waals surface area contributed by atoms with Crippen molar-refractivity contribution in [2.75, 3.05) is 19.6 Å². The number of halogens is 1. The van der Waals surface area contributed by atoms with Gasteiger partial charge in [-0.3, -0.25) is 0 Å². The van der Waals surface area contributed by atoms with Gasteiger partial charge in [0.1, 0.15) is 6.07 Å². The number of piperidine rings is 1. The van der Waals surface area contributed by atoms with Crippen LogP contribution in [0.3, 0.4) is 0 Å². The number of rotatable bonds is 3. The lowest BCUT2D eigenvalue weighted by Gasteiger charge is -2.32. The highest BCUT2D eigenvalue weighted by atomic mass is 35.5. The third-order valence-corrected chi connectivity index (χ3v) is 4.14. The Morgan fingerprint density at radius 2 is 2.11 bits per heavy atom. The summed E-state index contributed by atoms with van der Waals surface area (Å²) in [7, 11) is 0. The zero-order valence-electron chi connectivity index (χ0n) is 10.8. The normalized spacial score (nSPS) is 17.6. The largest absolute Gasteiger partial charge is 0.303 e. The molecule has 2 rings (SSSR count). The van der Waals surface area contributed by atoms with Gasteiger partial charge >= 0.3 is 0 Å². The van der Waals surface area contributed by atoms with E-state index < -0.39 is 0 Å². The quantitative estimate of drug-likeness (QED) is 0.828. The predicted molar refractivity (Wildman–Crippen MR) is 74.9 cm³/mol. The number of nitrogens with zero attached hydrogens (tertiary/aromatic N) is 2. The molecule has 3 heteroatoms. The molecule has 1 aromatic carbocycles. The standard InChI is InChI=1S/C15H19ClN2/c1-2-8-18-9-6-12(7-10-18)14-5-3-4-13(11-17)15(14)16/h3-5,12H,2,6-10H2,1H3. The summed E-state index contributed by atoms with van der Waals surface area (Å²) in [5.41, 5.74) is 1.76. The van der Waals surface area contributed by atoms with Gasteiger partial charge in [-0.2, -0.15) is 5.26 Å². The van der Waals surface area contributed by atoms with Crippen LogP contribution >= 0.6 is 11.6 Å². The van der Waals surface area contributed by atoms with Crippen LogP contribution in [0.4, 0.5) is 0 Å². The molecule has 1 saturated heterocycles. The van der Waals surface area contributed by atoms with Crippen molar-refractivity contribution in [2.24, 2.45) is 0 Å². The molecule has 1 aliphatic rings. The smallest absolute Gasteiger partial charge is 0.101 e. The fourth-order valence-electron chi connectivity index (χ4n) is 2.74. The first-order valence-corrected chi connectivity index (χ1v) is 7.05. The molecule has 1 aliphatic heterocycles. The first-order valence-electron chi connectivity index (χ1n) is 6.67. The third kappa shape index (κ3) is 2.85. The van der Waals surface area contributed by atoms with Crippen LogP contribution in [0.25, 0.3) is 0 Å². The number of hydrogen-bond donors (Lipinski definition) is 0. The second-order valence-electron chi connectivity index (χ2n) is 4.94. The van der Waals surface area contributed by atoms with Crippen molar-refractivity contribution < 1.29 is 0 Å². The zero-order chi connectivity index (χ0) is 13.0. The van der Waals surface area contributed by atoms with Gasteiger partial charge in [0.25, 0.3) is 0 Å². The van der Waals surface area contributed by atoms with Crippen molar-refractivity contribution in [3.05, 3.63) is 34.3 Å². The fraction of sp³-hybridized carbons (Fsp3) is 0.533. The zero-order valence-corrected chi connectivity index (χ0v) is 11.6. The van der Waals surface area contributed by atoms with Crippen LogP contribution in [-0.4, -0.2) is 24.5 Å². The van der Waals surface area contributed by atoms with E-state index in [-0.39, 0.29) is 0 Å². The minimum absolute atomic E-state index is 0.513. The molecule has 1 fully saturated rings. The van der Waals surface area contributed by atoms with Crippen molar-refractivity contribution in [1.82, 2.24) is 4.90 Å². The van der Waals surface area contributed by atoms with Crippen LogP contribution in [0.15, 0.2) is 18.2 Å². The summed E-state index contributed by atoms with van der Waals surface area (Å²) in [6, 6.07) is 7.97. The Balaban J connectivity index is 2.08. The van der Waals surface area contributed by atoms with Gasteiger partial charge < -0.3 is 4.90 Å². The van der Waals surface area contributed by atoms with Crippen LogP contribution in [-0.2, 0) is 0 Å². The van der Waals surface area contributed by atoms with Gasteiger partial charge in [-0.1, -0.05) is 30.7 Å². The molecule has 0 radical (unpaired) electrons. The summed E-state index contributed by atoms with van der Waals surface area (Å²) in [6.45, 7) is 5.70. The van der Waals surface area contributed by atoms with E-state index in [2.05, 4.69) is 24.0 Å². The first-order chi connectivity index (χ1) is 8.76. The van der Waals surface area contributed by atoms with Crippen molar-refractivity contribution in [1.29, 1.82) is 5.26 Å². The molecule has 0 bridgehead atoms. The van der Waals surface area contributed by atoms with Gasteiger partial charge in [-0.05, 0) is 56.4 Å². The van der Waals surface area contributed by atoms with Gasteiger partial charge in [0.05, 0.1) is 10.6 Å². The molecule has 1 heterocycles. The second-order valence-corrected chi connectivity index (χ2v) is 5.31. The van der Waals surface area contributed by atoms with Gasteiger partial charge in [-0.15, -0.1) is 0 Å². The molecule has 0 aliphatic carbocycles. The summed E-state index contributed by atoms with van der Waals surface area (Å²) in [5, 5.41) is 9.67. The maximum atomic E-state index is 9.01. The first kappa shape index (κ1) is 13.4. The molecule has 1 aromatic rings. The number of nitriles is 1. The minimum Gasteiger partial charge on any atom is -0.303 e. The molecule has 0 aromatic heterocycles. The van der Waals surface area contributed by atoms with Crippen molar-refractivity contribution in [3.63, 3.8) is 0 Å². The Morgan fingerprint density at radius 1 is 1.39 bits per heavy atom. The molecule has 96 valence electrons. The molecule has 0 N–H and O–H groups in total. The summed E-state index contributed by atoms with van der Waals surface area (Å²) in [6.07, 6.45) is 3.51. The second kappa shape index (κ2) is 6.22. The summed E-state index contributed by atoms with van der Waals surface area (Å²) in [4.78, 5) is 2.51. The minimum atomic E-state index is 0.513. The third-order valence-electron chi connectivity index (χ3n) is 3.72. The molecule has 0 spiro atoms. The van der Waals surface area contributed by atoms with Gasteiger partial charge in [0, 0.05) is 0 Å². The van der Waals surface area contributed by atoms with Crippen LogP contribution < -0.4 is 0 Å². The van der Waals surface area contributed by atoms with Crippen LogP contribution in [0.5, 0.6) is 0 Å². The summed E-state index contributed by atoms with van der Waals surface area (Å²) >= 11 is 6.30. The lowest BCUT2D eigenvalue weighted by molar-refractivity contribution is 0.213. The molecule has 0 unspecified atom stereocenters. The van der Waals surface area contributed by atoms with Crippen LogP contribution in [0.2, 0.25) is 5.02 Å². The summed E-state index contributed by atoms with van der Waals surface area (Å²) < 4.78 is 0. The van der Waals surface area contributed by atoms with E-state index in [1.54, 1.807) is 6.07 Å². The van der Waals surface area contributed by atoms with E-state index in [0.717, 1.165) is 31.5 Å². The predicted octanol–water partition coefficient (Wildman–Crippen LogP) is 3.80. The van der Waals surface area contributed by atoms with Crippen LogP contribution in [0.1, 0.15) is 43.2 Å². The molecular formula is C15H19ClN2. The van der Waals surface area contributed by atoms with Gasteiger partial charge in [0.15, 0.2) is 0 Å². The maximum Gasteiger partial charge on any atom is 0.101 e. The Morgan fingerprint density at radius 3 is 2.72 bits per heavy atom. The van der Waals surface area contributed by atoms with E-state index in [0.29, 0.717) is 16.5 Å². The Bertz CT molecular complexity index is 442. The number of benzene rings is 1. The molecule has 0 amide bonds. The Labute approximate surface area is 114 Å². The van der Waals surface area contributed by atoms with Crippen molar-refractivity contribution >= 4 is 11.6 Å². The molecule has 2 nitrogen and oxygen atoms in total. The monoisotopic (exact) mass is 262 g/mol. The highest BCUT2D eigenvalue weighted by Gasteiger charge is 2.22. The Kier molecular flexibility index (Phi) is 4.63. The maximum absolute atomic E-state index is 9.01. The number of likely N-dealkylation sites (tertiary alicyclic amines) is 1. The molecular weight excluding hydrogens is 244 g/mol. The fourth-order valence-corrected chi connectivity index (χ4v) is 3.06. The van der Waals surface area contributed by atoms with E-state index >= 15 is 0 Å². The van der Waals surface area contributed by atoms with Crippen molar-refractivity contribution in [3.8, 4) is 6.07 Å². The van der Waals surface area contributed by atoms with Gasteiger partial charge in [0.2, 0.25) is 0 Å². The van der Waals surface area contributed by atoms with E-state index in [4.69, 9.17) is 16.9 Å². The molecule has 18 heavy (non-hydrogen) atoms. The SMILES string of the molecule is CCCN1CCC(c2cccc(C#N)c2Cl)CC1. The molecule has 0 atom stereocenters. The van der Waals surface area contributed by atoms with Crippen molar-refractivity contribution in [2.45, 2.75) is 32.1 Å². The lowest BCUT2D eigenvalue weighted by Crippen LogP contribution is -2.33. The average molecular weight is 263 g/mol.